The fraction of sp³-hybridized carbons (Fsp3) is 0.400. The third kappa shape index (κ3) is 1.32. The van der Waals surface area contributed by atoms with E-state index in [0.717, 1.165) is 6.54 Å². The van der Waals surface area contributed by atoms with Crippen LogP contribution in [-0.4, -0.2) is 6.54 Å². The molecule has 2 rings (SSSR count). The Morgan fingerprint density at radius 2 is 2.33 bits per heavy atom. The van der Waals surface area contributed by atoms with Crippen LogP contribution in [-0.2, 0) is 0 Å². The Kier molecular flexibility index (Phi) is 2.26. The van der Waals surface area contributed by atoms with Gasteiger partial charge in [-0.2, -0.15) is 0 Å². The van der Waals surface area contributed by atoms with Gasteiger partial charge in [0, 0.05) is 16.2 Å². The van der Waals surface area contributed by atoms with Crippen LogP contribution in [0.3, 0.4) is 0 Å². The molecule has 1 aromatic rings. The van der Waals surface area contributed by atoms with Gasteiger partial charge >= 0.3 is 0 Å². The van der Waals surface area contributed by atoms with Crippen molar-refractivity contribution in [3.63, 3.8) is 0 Å². The highest BCUT2D eigenvalue weighted by Crippen LogP contribution is 2.37. The van der Waals surface area contributed by atoms with E-state index in [1.807, 2.05) is 0 Å². The van der Waals surface area contributed by atoms with Gasteiger partial charge in [0.2, 0.25) is 0 Å². The maximum atomic E-state index is 3.43. The van der Waals surface area contributed by atoms with Crippen LogP contribution in [0.25, 0.3) is 0 Å². The van der Waals surface area contributed by atoms with E-state index in [-0.39, 0.29) is 0 Å². The number of aryl methyl sites for hydroxylation is 1. The smallest absolute Gasteiger partial charge is 0.0399 e. The molecule has 1 aromatic carbocycles. The van der Waals surface area contributed by atoms with Crippen molar-refractivity contribution in [2.45, 2.75) is 17.3 Å². The summed E-state index contributed by atoms with van der Waals surface area (Å²) in [6, 6.07) is 6.49. The number of hydrogen-bond acceptors (Lipinski definition) is 1. The number of fused-ring (bicyclic) bond motifs is 1. The van der Waals surface area contributed by atoms with Gasteiger partial charge < -0.3 is 5.32 Å². The van der Waals surface area contributed by atoms with Crippen LogP contribution >= 0.6 is 22.6 Å². The first-order chi connectivity index (χ1) is 5.79. The Morgan fingerprint density at radius 3 is 3.08 bits per heavy atom. The van der Waals surface area contributed by atoms with Gasteiger partial charge in [-0.05, 0) is 30.5 Å². The molecule has 0 spiro atoms. The SMILES string of the molecule is Cc1cccc2c1C(I)CCN2. The maximum Gasteiger partial charge on any atom is 0.0399 e. The van der Waals surface area contributed by atoms with Crippen LogP contribution in [0.5, 0.6) is 0 Å². The second-order valence-corrected chi connectivity index (χ2v) is 4.72. The lowest BCUT2D eigenvalue weighted by atomic mass is 9.99. The molecule has 0 saturated carbocycles. The number of rotatable bonds is 0. The topological polar surface area (TPSA) is 12.0 Å². The fourth-order valence-electron chi connectivity index (χ4n) is 1.73. The molecule has 0 bridgehead atoms. The highest BCUT2D eigenvalue weighted by Gasteiger charge is 2.18. The zero-order valence-corrected chi connectivity index (χ0v) is 9.26. The Balaban J connectivity index is 2.53. The van der Waals surface area contributed by atoms with E-state index in [2.05, 4.69) is 53.0 Å². The van der Waals surface area contributed by atoms with Crippen molar-refractivity contribution < 1.29 is 0 Å². The van der Waals surface area contributed by atoms with Gasteiger partial charge in [0.1, 0.15) is 0 Å². The summed E-state index contributed by atoms with van der Waals surface area (Å²) in [5, 5.41) is 3.43. The molecule has 64 valence electrons. The number of benzene rings is 1. The summed E-state index contributed by atoms with van der Waals surface area (Å²) in [6.07, 6.45) is 1.25. The summed E-state index contributed by atoms with van der Waals surface area (Å²) in [5.41, 5.74) is 4.25. The molecule has 1 nitrogen and oxygen atoms in total. The van der Waals surface area contributed by atoms with Crippen molar-refractivity contribution in [2.75, 3.05) is 11.9 Å². The minimum atomic E-state index is 0.694. The number of halogens is 1. The molecular formula is C10H12IN. The van der Waals surface area contributed by atoms with Crippen molar-refractivity contribution in [3.05, 3.63) is 29.3 Å². The molecule has 1 unspecified atom stereocenters. The van der Waals surface area contributed by atoms with Gasteiger partial charge in [0.05, 0.1) is 0 Å². The molecule has 0 aromatic heterocycles. The predicted molar refractivity (Wildman–Crippen MR) is 61.0 cm³/mol. The Hall–Kier alpha value is -0.250. The van der Waals surface area contributed by atoms with Gasteiger partial charge in [0.15, 0.2) is 0 Å². The molecular weight excluding hydrogens is 261 g/mol. The monoisotopic (exact) mass is 273 g/mol. The lowest BCUT2D eigenvalue weighted by Crippen LogP contribution is -2.14. The lowest BCUT2D eigenvalue weighted by molar-refractivity contribution is 0.829. The van der Waals surface area contributed by atoms with E-state index < -0.39 is 0 Å². The number of anilines is 1. The maximum absolute atomic E-state index is 3.43. The Bertz CT molecular complexity index is 296. The molecule has 1 atom stereocenters. The normalized spacial score (nSPS) is 21.3. The zero-order chi connectivity index (χ0) is 8.55. The van der Waals surface area contributed by atoms with Crippen molar-refractivity contribution in [1.29, 1.82) is 0 Å². The van der Waals surface area contributed by atoms with Crippen molar-refractivity contribution in [2.24, 2.45) is 0 Å². The van der Waals surface area contributed by atoms with Gasteiger partial charge in [-0.3, -0.25) is 0 Å². The number of hydrogen-bond donors (Lipinski definition) is 1. The molecule has 1 aliphatic rings. The van der Waals surface area contributed by atoms with Crippen molar-refractivity contribution in [1.82, 2.24) is 0 Å². The van der Waals surface area contributed by atoms with E-state index in [9.17, 15) is 0 Å². The fourth-order valence-corrected chi connectivity index (χ4v) is 2.87. The quantitative estimate of drug-likeness (QED) is 0.565. The first kappa shape index (κ1) is 8.35. The standard InChI is InChI=1S/C10H12IN/c1-7-3-2-4-9-10(7)8(11)5-6-12-9/h2-4,8,12H,5-6H2,1H3. The molecule has 12 heavy (non-hydrogen) atoms. The highest BCUT2D eigenvalue weighted by molar-refractivity contribution is 14.1. The van der Waals surface area contributed by atoms with Crippen LogP contribution in [0.2, 0.25) is 0 Å². The van der Waals surface area contributed by atoms with Gasteiger partial charge in [-0.25, -0.2) is 0 Å². The van der Waals surface area contributed by atoms with Gasteiger partial charge in [0.25, 0.3) is 0 Å². The second-order valence-electron chi connectivity index (χ2n) is 3.22. The molecule has 2 heteroatoms. The molecule has 1 N–H and O–H groups in total. The zero-order valence-electron chi connectivity index (χ0n) is 7.10. The van der Waals surface area contributed by atoms with Crippen molar-refractivity contribution >= 4 is 28.3 Å². The van der Waals surface area contributed by atoms with Crippen LogP contribution in [0.4, 0.5) is 5.69 Å². The minimum absolute atomic E-state index is 0.694. The third-order valence-electron chi connectivity index (χ3n) is 2.35. The molecule has 0 radical (unpaired) electrons. The first-order valence-electron chi connectivity index (χ1n) is 4.26. The van der Waals surface area contributed by atoms with E-state index in [1.165, 1.54) is 23.2 Å². The summed E-state index contributed by atoms with van der Waals surface area (Å²) in [5.74, 6) is 0. The largest absolute Gasteiger partial charge is 0.385 e. The van der Waals surface area contributed by atoms with Gasteiger partial charge in [-0.1, -0.05) is 34.7 Å². The summed E-state index contributed by atoms with van der Waals surface area (Å²) in [7, 11) is 0. The molecule has 0 saturated heterocycles. The van der Waals surface area contributed by atoms with Crippen LogP contribution in [0.15, 0.2) is 18.2 Å². The van der Waals surface area contributed by atoms with Crippen LogP contribution in [0.1, 0.15) is 21.5 Å². The molecule has 0 fully saturated rings. The summed E-state index contributed by atoms with van der Waals surface area (Å²) in [4.78, 5) is 0. The first-order valence-corrected chi connectivity index (χ1v) is 5.51. The summed E-state index contributed by atoms with van der Waals surface area (Å²) >= 11 is 2.53. The molecule has 1 aliphatic heterocycles. The van der Waals surface area contributed by atoms with Crippen LogP contribution < -0.4 is 5.32 Å². The molecule has 0 amide bonds. The van der Waals surface area contributed by atoms with E-state index >= 15 is 0 Å². The number of nitrogens with one attached hydrogen (secondary N) is 1. The Morgan fingerprint density at radius 1 is 1.50 bits per heavy atom. The average molecular weight is 273 g/mol. The number of alkyl halides is 1. The molecule has 1 heterocycles. The lowest BCUT2D eigenvalue weighted by Gasteiger charge is -2.24. The Labute approximate surface area is 86.7 Å². The summed E-state index contributed by atoms with van der Waals surface area (Å²) < 4.78 is 0.694. The highest BCUT2D eigenvalue weighted by atomic mass is 127. The third-order valence-corrected chi connectivity index (χ3v) is 3.60. The van der Waals surface area contributed by atoms with Crippen LogP contribution in [0, 0.1) is 6.92 Å². The van der Waals surface area contributed by atoms with E-state index in [0.29, 0.717) is 3.92 Å². The van der Waals surface area contributed by atoms with Gasteiger partial charge in [-0.15, -0.1) is 0 Å². The molecule has 0 aliphatic carbocycles. The minimum Gasteiger partial charge on any atom is -0.385 e. The summed E-state index contributed by atoms with van der Waals surface area (Å²) in [6.45, 7) is 3.31. The average Bonchev–Trinajstić information content (AvgIpc) is 2.04. The van der Waals surface area contributed by atoms with Crippen molar-refractivity contribution in [3.8, 4) is 0 Å². The predicted octanol–water partition coefficient (Wildman–Crippen LogP) is 3.29. The van der Waals surface area contributed by atoms with E-state index in [4.69, 9.17) is 0 Å². The van der Waals surface area contributed by atoms with E-state index in [1.54, 1.807) is 0 Å². The second kappa shape index (κ2) is 3.24.